The number of rotatable bonds is 6. The van der Waals surface area contributed by atoms with Gasteiger partial charge in [-0.05, 0) is 89.0 Å². The first-order valence-corrected chi connectivity index (χ1v) is 18.3. The summed E-state index contributed by atoms with van der Waals surface area (Å²) in [6.07, 6.45) is 0. The van der Waals surface area contributed by atoms with Gasteiger partial charge in [0.25, 0.3) is 0 Å². The first-order valence-electron chi connectivity index (χ1n) is 18.3. The SMILES string of the molecule is c1ccc(N(c2ccccc2)c2cccc3oc4c(N(c5ccc6oc7ccccc7c6c5)c5cc6ccccc6c6ccccc56)cccc4c23)cc1. The van der Waals surface area contributed by atoms with Crippen molar-refractivity contribution >= 4 is 99.5 Å². The summed E-state index contributed by atoms with van der Waals surface area (Å²) in [4.78, 5) is 4.68. The summed E-state index contributed by atoms with van der Waals surface area (Å²) in [6.45, 7) is 0. The van der Waals surface area contributed by atoms with E-state index < -0.39 is 0 Å². The summed E-state index contributed by atoms with van der Waals surface area (Å²) < 4.78 is 13.3. The normalized spacial score (nSPS) is 11.7. The van der Waals surface area contributed by atoms with Crippen LogP contribution >= 0.6 is 0 Å². The van der Waals surface area contributed by atoms with E-state index in [1.807, 2.05) is 12.1 Å². The Kier molecular flexibility index (Phi) is 6.82. The molecular formula is C50H32N2O2. The monoisotopic (exact) mass is 692 g/mol. The van der Waals surface area contributed by atoms with Crippen LogP contribution < -0.4 is 9.80 Å². The third-order valence-electron chi connectivity index (χ3n) is 10.6. The summed E-state index contributed by atoms with van der Waals surface area (Å²) in [7, 11) is 0. The maximum atomic E-state index is 7.03. The molecule has 0 atom stereocenters. The van der Waals surface area contributed by atoms with E-state index in [9.17, 15) is 0 Å². The lowest BCUT2D eigenvalue weighted by Crippen LogP contribution is -2.11. The molecule has 0 aliphatic carbocycles. The van der Waals surface area contributed by atoms with E-state index in [1.54, 1.807) is 0 Å². The molecule has 54 heavy (non-hydrogen) atoms. The average Bonchev–Trinajstić information content (AvgIpc) is 3.81. The van der Waals surface area contributed by atoms with Crippen LogP contribution in [0.2, 0.25) is 0 Å². The van der Waals surface area contributed by atoms with Gasteiger partial charge in [0.15, 0.2) is 5.58 Å². The van der Waals surface area contributed by atoms with Gasteiger partial charge < -0.3 is 18.6 Å². The van der Waals surface area contributed by atoms with E-state index in [0.717, 1.165) is 83.4 Å². The highest BCUT2D eigenvalue weighted by molar-refractivity contribution is 6.19. The van der Waals surface area contributed by atoms with E-state index >= 15 is 0 Å². The lowest BCUT2D eigenvalue weighted by Gasteiger charge is -2.28. The molecule has 254 valence electrons. The van der Waals surface area contributed by atoms with Gasteiger partial charge in [0.1, 0.15) is 16.7 Å². The Labute approximate surface area is 311 Å². The van der Waals surface area contributed by atoms with Crippen LogP contribution in [0.25, 0.3) is 65.4 Å². The quantitative estimate of drug-likeness (QED) is 0.162. The van der Waals surface area contributed by atoms with E-state index in [2.05, 4.69) is 192 Å². The molecule has 2 aromatic heterocycles. The largest absolute Gasteiger partial charge is 0.456 e. The first-order chi connectivity index (χ1) is 26.8. The fraction of sp³-hybridized carbons (Fsp3) is 0. The highest BCUT2D eigenvalue weighted by Gasteiger charge is 2.25. The van der Waals surface area contributed by atoms with Crippen LogP contribution in [-0.2, 0) is 0 Å². The molecular weight excluding hydrogens is 661 g/mol. The number of benzene rings is 9. The Morgan fingerprint density at radius 1 is 0.296 bits per heavy atom. The molecule has 0 saturated carbocycles. The van der Waals surface area contributed by atoms with Gasteiger partial charge in [-0.2, -0.15) is 0 Å². The predicted octanol–water partition coefficient (Wildman–Crippen LogP) is 14.7. The Hall–Kier alpha value is -7.30. The standard InChI is InChI=1S/C50H32N2O2/c1-3-16-34(17-4-1)51(35-18-5-2-6-19-35)43-25-14-28-48-49(43)41-24-13-26-44(50(41)54-48)52(36-29-30-47-42(32-36)40-23-11-12-27-46(40)53-47)45-31-33-15-7-8-20-37(33)38-21-9-10-22-39(38)45/h1-32H. The van der Waals surface area contributed by atoms with Gasteiger partial charge in [-0.25, -0.2) is 0 Å². The van der Waals surface area contributed by atoms with Gasteiger partial charge in [0.05, 0.1) is 22.4 Å². The van der Waals surface area contributed by atoms with E-state index in [0.29, 0.717) is 0 Å². The first kappa shape index (κ1) is 30.3. The van der Waals surface area contributed by atoms with Crippen LogP contribution in [0.15, 0.2) is 203 Å². The molecule has 4 heteroatoms. The molecule has 0 spiro atoms. The van der Waals surface area contributed by atoms with Crippen LogP contribution in [0, 0.1) is 0 Å². The fourth-order valence-electron chi connectivity index (χ4n) is 8.24. The van der Waals surface area contributed by atoms with Crippen molar-refractivity contribution in [3.05, 3.63) is 194 Å². The predicted molar refractivity (Wildman–Crippen MR) is 225 cm³/mol. The van der Waals surface area contributed by atoms with Crippen molar-refractivity contribution < 1.29 is 8.83 Å². The van der Waals surface area contributed by atoms with Crippen molar-refractivity contribution in [2.45, 2.75) is 0 Å². The molecule has 0 saturated heterocycles. The number of para-hydroxylation sites is 4. The highest BCUT2D eigenvalue weighted by Crippen LogP contribution is 2.49. The lowest BCUT2D eigenvalue weighted by molar-refractivity contribution is 0.669. The Balaban J connectivity index is 1.22. The molecule has 0 aliphatic heterocycles. The molecule has 0 fully saturated rings. The zero-order valence-corrected chi connectivity index (χ0v) is 29.2. The summed E-state index contributed by atoms with van der Waals surface area (Å²) in [5.41, 5.74) is 9.61. The number of furan rings is 2. The second kappa shape index (κ2) is 12.1. The van der Waals surface area contributed by atoms with Gasteiger partial charge in [0.2, 0.25) is 0 Å². The van der Waals surface area contributed by atoms with Crippen molar-refractivity contribution in [2.75, 3.05) is 9.80 Å². The molecule has 0 amide bonds. The molecule has 0 bridgehead atoms. The smallest absolute Gasteiger partial charge is 0.159 e. The Morgan fingerprint density at radius 2 is 0.889 bits per heavy atom. The van der Waals surface area contributed by atoms with Crippen molar-refractivity contribution in [2.24, 2.45) is 0 Å². The average molecular weight is 693 g/mol. The number of hydrogen-bond donors (Lipinski definition) is 0. The minimum absolute atomic E-state index is 0.815. The minimum Gasteiger partial charge on any atom is -0.456 e. The van der Waals surface area contributed by atoms with Crippen LogP contribution in [-0.4, -0.2) is 0 Å². The van der Waals surface area contributed by atoms with Gasteiger partial charge in [-0.15, -0.1) is 0 Å². The maximum Gasteiger partial charge on any atom is 0.159 e. The van der Waals surface area contributed by atoms with Crippen LogP contribution in [0.1, 0.15) is 0 Å². The molecule has 0 radical (unpaired) electrons. The maximum absolute atomic E-state index is 7.03. The molecule has 0 aliphatic rings. The van der Waals surface area contributed by atoms with E-state index in [1.165, 1.54) is 16.2 Å². The number of nitrogens with zero attached hydrogens (tertiary/aromatic N) is 2. The van der Waals surface area contributed by atoms with Crippen molar-refractivity contribution in [1.82, 2.24) is 0 Å². The van der Waals surface area contributed by atoms with Crippen LogP contribution in [0.5, 0.6) is 0 Å². The second-order valence-corrected chi connectivity index (χ2v) is 13.7. The van der Waals surface area contributed by atoms with Gasteiger partial charge >= 0.3 is 0 Å². The molecule has 0 N–H and O–H groups in total. The second-order valence-electron chi connectivity index (χ2n) is 13.7. The van der Waals surface area contributed by atoms with Gasteiger partial charge in [-0.3, -0.25) is 0 Å². The molecule has 0 unspecified atom stereocenters. The van der Waals surface area contributed by atoms with E-state index in [-0.39, 0.29) is 0 Å². The molecule has 4 nitrogen and oxygen atoms in total. The topological polar surface area (TPSA) is 32.8 Å². The summed E-state index contributed by atoms with van der Waals surface area (Å²) >= 11 is 0. The van der Waals surface area contributed by atoms with Crippen LogP contribution in [0.4, 0.5) is 34.1 Å². The zero-order chi connectivity index (χ0) is 35.6. The Morgan fingerprint density at radius 3 is 1.69 bits per heavy atom. The van der Waals surface area contributed by atoms with Crippen LogP contribution in [0.3, 0.4) is 0 Å². The third kappa shape index (κ3) is 4.70. The number of hydrogen-bond acceptors (Lipinski definition) is 4. The zero-order valence-electron chi connectivity index (χ0n) is 29.2. The van der Waals surface area contributed by atoms with E-state index in [4.69, 9.17) is 8.83 Å². The minimum atomic E-state index is 0.815. The van der Waals surface area contributed by atoms with Crippen molar-refractivity contribution in [3.63, 3.8) is 0 Å². The molecule has 11 rings (SSSR count). The van der Waals surface area contributed by atoms with Crippen molar-refractivity contribution in [1.29, 1.82) is 0 Å². The molecule has 9 aromatic carbocycles. The number of fused-ring (bicyclic) bond motifs is 9. The van der Waals surface area contributed by atoms with Gasteiger partial charge in [-0.1, -0.05) is 121 Å². The lowest BCUT2D eigenvalue weighted by atomic mass is 9.98. The summed E-state index contributed by atoms with van der Waals surface area (Å²) in [5, 5.41) is 9.01. The fourth-order valence-corrected chi connectivity index (χ4v) is 8.24. The molecule has 11 aromatic rings. The number of anilines is 6. The Bertz CT molecular complexity index is 3140. The summed E-state index contributed by atoms with van der Waals surface area (Å²) in [5.74, 6) is 0. The summed E-state index contributed by atoms with van der Waals surface area (Å²) in [6, 6.07) is 68.4. The van der Waals surface area contributed by atoms with Crippen molar-refractivity contribution in [3.8, 4) is 0 Å². The molecule has 2 heterocycles. The highest BCUT2D eigenvalue weighted by atomic mass is 16.3. The van der Waals surface area contributed by atoms with Gasteiger partial charge in [0, 0.05) is 38.6 Å². The third-order valence-corrected chi connectivity index (χ3v) is 10.6.